The second-order valence-electron chi connectivity index (χ2n) is 3.76. The zero-order valence-corrected chi connectivity index (χ0v) is 9.55. The minimum absolute atomic E-state index is 0.184. The molecule has 0 bridgehead atoms. The van der Waals surface area contributed by atoms with Gasteiger partial charge in [-0.2, -0.15) is 0 Å². The molecule has 3 N–H and O–H groups in total. The summed E-state index contributed by atoms with van der Waals surface area (Å²) in [5.41, 5.74) is 7.87. The Labute approximate surface area is 99.1 Å². The smallest absolute Gasteiger partial charge is 0.241 e. The maximum Gasteiger partial charge on any atom is 0.241 e. The fraction of sp³-hybridized carbons (Fsp3) is 0.250. The fourth-order valence-electron chi connectivity index (χ4n) is 1.46. The Balaban J connectivity index is 2.22. The van der Waals surface area contributed by atoms with E-state index in [2.05, 4.69) is 15.3 Å². The molecule has 0 aliphatic heterocycles. The average Bonchev–Trinajstić information content (AvgIpc) is 2.37. The first-order chi connectivity index (χ1) is 8.20. The van der Waals surface area contributed by atoms with E-state index in [-0.39, 0.29) is 5.91 Å². The Kier molecular flexibility index (Phi) is 3.30. The van der Waals surface area contributed by atoms with Crippen molar-refractivity contribution in [2.24, 2.45) is 5.73 Å². The monoisotopic (exact) mass is 230 g/mol. The lowest BCUT2D eigenvalue weighted by Gasteiger charge is -2.10. The van der Waals surface area contributed by atoms with Crippen LogP contribution < -0.4 is 11.1 Å². The van der Waals surface area contributed by atoms with Gasteiger partial charge in [0.2, 0.25) is 5.91 Å². The molecule has 88 valence electrons. The molecule has 0 unspecified atom stereocenters. The highest BCUT2D eigenvalue weighted by molar-refractivity contribution is 5.96. The first-order valence-corrected chi connectivity index (χ1v) is 5.48. The summed E-state index contributed by atoms with van der Waals surface area (Å²) in [6.45, 7) is 1.87. The normalized spacial score (nSPS) is 12.4. The number of rotatable bonds is 3. The van der Waals surface area contributed by atoms with Crippen LogP contribution >= 0.6 is 0 Å². The Hall–Kier alpha value is -2.01. The lowest BCUT2D eigenvalue weighted by molar-refractivity contribution is -0.117. The summed E-state index contributed by atoms with van der Waals surface area (Å²) in [5.74, 6) is -0.184. The van der Waals surface area contributed by atoms with Crippen molar-refractivity contribution < 1.29 is 4.79 Å². The number of carbonyl (C=O) groups is 1. The molecule has 2 rings (SSSR count). The van der Waals surface area contributed by atoms with Crippen LogP contribution in [0.25, 0.3) is 11.0 Å². The van der Waals surface area contributed by atoms with E-state index >= 15 is 0 Å². The third-order valence-electron chi connectivity index (χ3n) is 2.51. The Morgan fingerprint density at radius 2 is 2.06 bits per heavy atom. The highest BCUT2D eigenvalue weighted by Crippen LogP contribution is 2.15. The van der Waals surface area contributed by atoms with Gasteiger partial charge in [-0.1, -0.05) is 6.92 Å². The van der Waals surface area contributed by atoms with Gasteiger partial charge in [0.1, 0.15) is 0 Å². The zero-order chi connectivity index (χ0) is 12.3. The van der Waals surface area contributed by atoms with E-state index in [1.54, 1.807) is 24.5 Å². The predicted molar refractivity (Wildman–Crippen MR) is 66.4 cm³/mol. The van der Waals surface area contributed by atoms with Crippen molar-refractivity contribution >= 4 is 22.6 Å². The largest absolute Gasteiger partial charge is 0.325 e. The van der Waals surface area contributed by atoms with Crippen LogP contribution in [0.1, 0.15) is 13.3 Å². The minimum atomic E-state index is -0.479. The van der Waals surface area contributed by atoms with Gasteiger partial charge in [0.25, 0.3) is 0 Å². The van der Waals surface area contributed by atoms with Crippen LogP contribution in [0.2, 0.25) is 0 Å². The maximum absolute atomic E-state index is 11.6. The molecule has 0 radical (unpaired) electrons. The number of anilines is 1. The summed E-state index contributed by atoms with van der Waals surface area (Å²) in [4.78, 5) is 19.9. The van der Waals surface area contributed by atoms with Crippen molar-refractivity contribution in [1.29, 1.82) is 0 Å². The van der Waals surface area contributed by atoms with Gasteiger partial charge < -0.3 is 11.1 Å². The standard InChI is InChI=1S/C12H14N4O/c1-2-9(13)12(17)16-8-3-4-10-11(7-8)15-6-5-14-10/h3-7,9H,2,13H2,1H3,(H,16,17)/t9-/m1/s1. The zero-order valence-electron chi connectivity index (χ0n) is 9.55. The van der Waals surface area contributed by atoms with Crippen molar-refractivity contribution in [3.63, 3.8) is 0 Å². The first kappa shape index (κ1) is 11.5. The molecule has 1 atom stereocenters. The lowest BCUT2D eigenvalue weighted by atomic mass is 10.2. The molecule has 0 spiro atoms. The second kappa shape index (κ2) is 4.88. The molecular formula is C12H14N4O. The number of hydrogen-bond donors (Lipinski definition) is 2. The molecule has 5 nitrogen and oxygen atoms in total. The highest BCUT2D eigenvalue weighted by atomic mass is 16.2. The number of hydrogen-bond acceptors (Lipinski definition) is 4. The van der Waals surface area contributed by atoms with Gasteiger partial charge in [0.05, 0.1) is 17.1 Å². The quantitative estimate of drug-likeness (QED) is 0.832. The Bertz CT molecular complexity index is 541. The van der Waals surface area contributed by atoms with Gasteiger partial charge in [-0.3, -0.25) is 14.8 Å². The van der Waals surface area contributed by atoms with Gasteiger partial charge in [0.15, 0.2) is 0 Å². The molecule has 5 heteroatoms. The molecule has 2 aromatic rings. The number of nitrogens with zero attached hydrogens (tertiary/aromatic N) is 2. The number of carbonyl (C=O) groups excluding carboxylic acids is 1. The maximum atomic E-state index is 11.6. The summed E-state index contributed by atoms with van der Waals surface area (Å²) >= 11 is 0. The molecular weight excluding hydrogens is 216 g/mol. The lowest BCUT2D eigenvalue weighted by Crippen LogP contribution is -2.34. The molecule has 0 aliphatic carbocycles. The van der Waals surface area contributed by atoms with E-state index < -0.39 is 6.04 Å². The number of fused-ring (bicyclic) bond motifs is 1. The molecule has 1 amide bonds. The van der Waals surface area contributed by atoms with Crippen molar-refractivity contribution in [2.45, 2.75) is 19.4 Å². The van der Waals surface area contributed by atoms with Gasteiger partial charge >= 0.3 is 0 Å². The van der Waals surface area contributed by atoms with Gasteiger partial charge in [0, 0.05) is 18.1 Å². The molecule has 1 heterocycles. The van der Waals surface area contributed by atoms with Crippen LogP contribution in [0.4, 0.5) is 5.69 Å². The van der Waals surface area contributed by atoms with Gasteiger partial charge in [-0.25, -0.2) is 0 Å². The molecule has 0 saturated heterocycles. The van der Waals surface area contributed by atoms with Gasteiger partial charge in [-0.05, 0) is 24.6 Å². The van der Waals surface area contributed by atoms with E-state index in [0.29, 0.717) is 12.1 Å². The average molecular weight is 230 g/mol. The van der Waals surface area contributed by atoms with E-state index in [1.807, 2.05) is 13.0 Å². The predicted octanol–water partition coefficient (Wildman–Crippen LogP) is 1.31. The molecule has 0 aliphatic rings. The van der Waals surface area contributed by atoms with Crippen LogP contribution in [0.15, 0.2) is 30.6 Å². The second-order valence-corrected chi connectivity index (χ2v) is 3.76. The number of nitrogens with one attached hydrogen (secondary N) is 1. The SMILES string of the molecule is CC[C@@H](N)C(=O)Nc1ccc2nccnc2c1. The van der Waals surface area contributed by atoms with Crippen molar-refractivity contribution in [2.75, 3.05) is 5.32 Å². The Morgan fingerprint density at radius 1 is 1.35 bits per heavy atom. The molecule has 0 fully saturated rings. The topological polar surface area (TPSA) is 80.9 Å². The van der Waals surface area contributed by atoms with Crippen LogP contribution in [0, 0.1) is 0 Å². The van der Waals surface area contributed by atoms with Crippen LogP contribution in [-0.2, 0) is 4.79 Å². The fourth-order valence-corrected chi connectivity index (χ4v) is 1.46. The number of nitrogens with two attached hydrogens (primary N) is 1. The third kappa shape index (κ3) is 2.57. The molecule has 17 heavy (non-hydrogen) atoms. The third-order valence-corrected chi connectivity index (χ3v) is 2.51. The highest BCUT2D eigenvalue weighted by Gasteiger charge is 2.11. The summed E-state index contributed by atoms with van der Waals surface area (Å²) in [5, 5.41) is 2.75. The summed E-state index contributed by atoms with van der Waals surface area (Å²) < 4.78 is 0. The molecule has 1 aromatic carbocycles. The van der Waals surface area contributed by atoms with Crippen molar-refractivity contribution in [3.8, 4) is 0 Å². The summed E-state index contributed by atoms with van der Waals surface area (Å²) in [7, 11) is 0. The van der Waals surface area contributed by atoms with Gasteiger partial charge in [-0.15, -0.1) is 0 Å². The van der Waals surface area contributed by atoms with Crippen LogP contribution in [-0.4, -0.2) is 21.9 Å². The summed E-state index contributed by atoms with van der Waals surface area (Å²) in [6.07, 6.45) is 3.86. The van der Waals surface area contributed by atoms with E-state index in [4.69, 9.17) is 5.73 Å². The summed E-state index contributed by atoms with van der Waals surface area (Å²) in [6, 6.07) is 4.91. The van der Waals surface area contributed by atoms with E-state index in [1.165, 1.54) is 0 Å². The molecule has 0 saturated carbocycles. The number of aromatic nitrogens is 2. The Morgan fingerprint density at radius 3 is 2.76 bits per heavy atom. The van der Waals surface area contributed by atoms with E-state index in [9.17, 15) is 4.79 Å². The first-order valence-electron chi connectivity index (χ1n) is 5.48. The minimum Gasteiger partial charge on any atom is -0.325 e. The molecule has 1 aromatic heterocycles. The number of benzene rings is 1. The van der Waals surface area contributed by atoms with Crippen molar-refractivity contribution in [1.82, 2.24) is 9.97 Å². The number of amides is 1. The van der Waals surface area contributed by atoms with Crippen molar-refractivity contribution in [3.05, 3.63) is 30.6 Å². The van der Waals surface area contributed by atoms with Crippen LogP contribution in [0.5, 0.6) is 0 Å². The van der Waals surface area contributed by atoms with Crippen LogP contribution in [0.3, 0.4) is 0 Å². The van der Waals surface area contributed by atoms with E-state index in [0.717, 1.165) is 11.0 Å².